The molecule has 1 aliphatic rings. The number of carbonyl (C=O) groups excluding carboxylic acids is 3. The fraction of sp³-hybridized carbons (Fsp3) is 0.364. The Labute approximate surface area is 269 Å². The molecule has 46 heavy (non-hydrogen) atoms. The molecule has 0 bridgehead atoms. The van der Waals surface area contributed by atoms with Crippen molar-refractivity contribution >= 4 is 39.9 Å². The second-order valence-corrected chi connectivity index (χ2v) is 12.1. The van der Waals surface area contributed by atoms with Gasteiger partial charge >= 0.3 is 0 Å². The van der Waals surface area contributed by atoms with E-state index >= 15 is 0 Å². The van der Waals surface area contributed by atoms with Crippen LogP contribution < -0.4 is 34.5 Å². The average molecular weight is 656 g/mol. The van der Waals surface area contributed by atoms with Crippen LogP contribution in [0.3, 0.4) is 0 Å². The van der Waals surface area contributed by atoms with E-state index in [-0.39, 0.29) is 17.5 Å². The van der Waals surface area contributed by atoms with Crippen molar-refractivity contribution in [3.05, 3.63) is 72.0 Å². The molecule has 0 heterocycles. The van der Waals surface area contributed by atoms with Gasteiger partial charge in [0.05, 0.1) is 28.4 Å². The number of methoxy groups -OCH3 is 4. The molecule has 2 N–H and O–H groups in total. The number of anilines is 2. The normalized spacial score (nSPS) is 14.1. The van der Waals surface area contributed by atoms with Crippen LogP contribution in [0.4, 0.5) is 15.8 Å². The Kier molecular flexibility index (Phi) is 12.0. The van der Waals surface area contributed by atoms with E-state index < -0.39 is 51.9 Å². The van der Waals surface area contributed by atoms with E-state index in [1.54, 1.807) is 36.4 Å². The zero-order chi connectivity index (χ0) is 33.2. The van der Waals surface area contributed by atoms with Gasteiger partial charge in [0.1, 0.15) is 29.1 Å². The highest BCUT2D eigenvalue weighted by Crippen LogP contribution is 2.42. The Hall–Kier alpha value is -4.65. The average Bonchev–Trinajstić information content (AvgIpc) is 3.56. The number of carbonyl (C=O) groups is 3. The molecule has 11 nitrogen and oxygen atoms in total. The molecule has 3 amide bonds. The number of benzene rings is 3. The molecule has 3 aromatic rings. The minimum absolute atomic E-state index is 0.0749. The van der Waals surface area contributed by atoms with Gasteiger partial charge in [-0.05, 0) is 79.1 Å². The number of halogens is 1. The van der Waals surface area contributed by atoms with Gasteiger partial charge < -0.3 is 29.6 Å². The van der Waals surface area contributed by atoms with Crippen LogP contribution in [0, 0.1) is 5.82 Å². The smallest absolute Gasteiger partial charge is 0.248 e. The van der Waals surface area contributed by atoms with E-state index in [1.165, 1.54) is 57.6 Å². The zero-order valence-corrected chi connectivity index (χ0v) is 27.0. The van der Waals surface area contributed by atoms with Crippen LogP contribution in [-0.4, -0.2) is 67.9 Å². The first-order valence-electron chi connectivity index (χ1n) is 14.6. The van der Waals surface area contributed by atoms with Crippen LogP contribution in [0.2, 0.25) is 0 Å². The van der Waals surface area contributed by atoms with Crippen molar-refractivity contribution in [1.29, 1.82) is 0 Å². The maximum Gasteiger partial charge on any atom is 0.248 e. The second-order valence-electron chi connectivity index (χ2n) is 10.6. The summed E-state index contributed by atoms with van der Waals surface area (Å²) in [6, 6.07) is 13.5. The van der Waals surface area contributed by atoms with Gasteiger partial charge in [0, 0.05) is 28.2 Å². The molecule has 0 aliphatic heterocycles. The highest BCUT2D eigenvalue weighted by molar-refractivity contribution is 7.86. The van der Waals surface area contributed by atoms with Gasteiger partial charge in [0.2, 0.25) is 23.5 Å². The standard InChI is InChI=1S/C33H38FN3O8S/c1-42-26-15-13-25(14-16-26)37(30(39)20-46(41)19-29(38)35-24-11-9-22(34)10-12-24)31(33(40)36-23-7-5-6-8-23)21-17-27(43-2)32(45-4)28(18-21)44-3/h9-18,23,31H,5-8,19-20H2,1-4H3,(H,35,38)(H,36,40). The summed E-state index contributed by atoms with van der Waals surface area (Å²) < 4.78 is 48.3. The Morgan fingerprint density at radius 1 is 0.870 bits per heavy atom. The maximum atomic E-state index is 14.2. The lowest BCUT2D eigenvalue weighted by Crippen LogP contribution is -2.47. The largest absolute Gasteiger partial charge is 0.497 e. The van der Waals surface area contributed by atoms with Crippen molar-refractivity contribution in [3.8, 4) is 23.0 Å². The Bertz CT molecular complexity index is 1520. The Morgan fingerprint density at radius 2 is 1.48 bits per heavy atom. The fourth-order valence-corrected chi connectivity index (χ4v) is 6.22. The van der Waals surface area contributed by atoms with Gasteiger partial charge in [-0.15, -0.1) is 0 Å². The van der Waals surface area contributed by atoms with Gasteiger partial charge in [-0.1, -0.05) is 12.8 Å². The lowest BCUT2D eigenvalue weighted by Gasteiger charge is -2.33. The number of hydrogen-bond donors (Lipinski definition) is 2. The van der Waals surface area contributed by atoms with Gasteiger partial charge in [0.15, 0.2) is 11.5 Å². The molecule has 0 radical (unpaired) electrons. The number of nitrogens with one attached hydrogen (secondary N) is 2. The van der Waals surface area contributed by atoms with Crippen LogP contribution in [0.15, 0.2) is 60.7 Å². The van der Waals surface area contributed by atoms with Crippen molar-refractivity contribution < 1.29 is 41.9 Å². The monoisotopic (exact) mass is 655 g/mol. The number of rotatable bonds is 14. The first-order valence-corrected chi connectivity index (χ1v) is 16.1. The third-order valence-electron chi connectivity index (χ3n) is 7.53. The number of nitrogens with zero attached hydrogens (tertiary/aromatic N) is 1. The summed E-state index contributed by atoms with van der Waals surface area (Å²) in [7, 11) is 3.89. The molecule has 2 unspecified atom stereocenters. The summed E-state index contributed by atoms with van der Waals surface area (Å²) in [4.78, 5) is 42.2. The molecule has 246 valence electrons. The van der Waals surface area contributed by atoms with Crippen LogP contribution >= 0.6 is 0 Å². The van der Waals surface area contributed by atoms with Crippen molar-refractivity contribution in [2.24, 2.45) is 0 Å². The number of ether oxygens (including phenoxy) is 4. The molecule has 1 aliphatic carbocycles. The molecule has 0 spiro atoms. The van der Waals surface area contributed by atoms with Crippen molar-refractivity contribution in [2.75, 3.05) is 50.2 Å². The predicted molar refractivity (Wildman–Crippen MR) is 173 cm³/mol. The molecule has 1 saturated carbocycles. The summed E-state index contributed by atoms with van der Waals surface area (Å²) in [5.74, 6) is -1.89. The van der Waals surface area contributed by atoms with Crippen LogP contribution in [0.5, 0.6) is 23.0 Å². The highest BCUT2D eigenvalue weighted by Gasteiger charge is 2.36. The number of amides is 3. The van der Waals surface area contributed by atoms with E-state index in [9.17, 15) is 23.0 Å². The first-order chi connectivity index (χ1) is 22.2. The summed E-state index contributed by atoms with van der Waals surface area (Å²) in [6.45, 7) is 0. The SMILES string of the molecule is COc1ccc(N(C(=O)CS(=O)CC(=O)Nc2ccc(F)cc2)C(C(=O)NC2CCCC2)c2cc(OC)c(OC)c(OC)c2)cc1. The molecule has 1 fully saturated rings. The summed E-state index contributed by atoms with van der Waals surface area (Å²) in [5, 5.41) is 5.64. The number of hydrogen-bond acceptors (Lipinski definition) is 8. The minimum Gasteiger partial charge on any atom is -0.497 e. The van der Waals surface area contributed by atoms with Gasteiger partial charge in [-0.3, -0.25) is 23.5 Å². The fourth-order valence-electron chi connectivity index (χ4n) is 5.34. The maximum absolute atomic E-state index is 14.2. The molecule has 0 saturated heterocycles. The topological polar surface area (TPSA) is 132 Å². The van der Waals surface area contributed by atoms with Crippen LogP contribution in [0.25, 0.3) is 0 Å². The summed E-state index contributed by atoms with van der Waals surface area (Å²) in [6.07, 6.45) is 3.55. The highest BCUT2D eigenvalue weighted by atomic mass is 32.2. The first kappa shape index (κ1) is 34.2. The van der Waals surface area contributed by atoms with E-state index in [2.05, 4.69) is 10.6 Å². The molecule has 0 aromatic heterocycles. The zero-order valence-electron chi connectivity index (χ0n) is 26.2. The Balaban J connectivity index is 1.72. The van der Waals surface area contributed by atoms with E-state index in [1.807, 2.05) is 0 Å². The van der Waals surface area contributed by atoms with Crippen molar-refractivity contribution in [1.82, 2.24) is 5.32 Å². The predicted octanol–water partition coefficient (Wildman–Crippen LogP) is 4.38. The second kappa shape index (κ2) is 16.1. The van der Waals surface area contributed by atoms with E-state index in [4.69, 9.17) is 18.9 Å². The van der Waals surface area contributed by atoms with Crippen LogP contribution in [-0.2, 0) is 25.2 Å². The molecule has 3 aromatic carbocycles. The lowest BCUT2D eigenvalue weighted by atomic mass is 10.0. The van der Waals surface area contributed by atoms with Crippen molar-refractivity contribution in [3.63, 3.8) is 0 Å². The van der Waals surface area contributed by atoms with E-state index in [0.717, 1.165) is 25.7 Å². The van der Waals surface area contributed by atoms with Crippen LogP contribution in [0.1, 0.15) is 37.3 Å². The van der Waals surface area contributed by atoms with Gasteiger partial charge in [-0.2, -0.15) is 0 Å². The summed E-state index contributed by atoms with van der Waals surface area (Å²) >= 11 is 0. The van der Waals surface area contributed by atoms with Gasteiger partial charge in [0.25, 0.3) is 0 Å². The van der Waals surface area contributed by atoms with Crippen molar-refractivity contribution in [2.45, 2.75) is 37.8 Å². The molecule has 4 rings (SSSR count). The molecular weight excluding hydrogens is 617 g/mol. The summed E-state index contributed by atoms with van der Waals surface area (Å²) in [5.41, 5.74) is 1.01. The third-order valence-corrected chi connectivity index (χ3v) is 8.69. The minimum atomic E-state index is -1.97. The molecular formula is C33H38FN3O8S. The van der Waals surface area contributed by atoms with Gasteiger partial charge in [-0.25, -0.2) is 4.39 Å². The Morgan fingerprint density at radius 3 is 2.02 bits per heavy atom. The third kappa shape index (κ3) is 8.53. The molecule has 2 atom stereocenters. The lowest BCUT2D eigenvalue weighted by molar-refractivity contribution is -0.126. The van der Waals surface area contributed by atoms with E-state index in [0.29, 0.717) is 28.4 Å². The molecule has 13 heteroatoms. The quantitative estimate of drug-likeness (QED) is 0.262.